The summed E-state index contributed by atoms with van der Waals surface area (Å²) in [5.74, 6) is 0. The number of hydrogen-bond acceptors (Lipinski definition) is 0. The SMILES string of the molecule is Cc1ccc(C)cc1.[Co]. The normalized spacial score (nSPS) is 8.22. The van der Waals surface area contributed by atoms with E-state index in [2.05, 4.69) is 38.1 Å². The molecule has 0 aromatic heterocycles. The maximum absolute atomic E-state index is 2.12. The average molecular weight is 165 g/mol. The van der Waals surface area contributed by atoms with Gasteiger partial charge in [-0.15, -0.1) is 0 Å². The standard InChI is InChI=1S/C8H10.Co/c1-7-3-5-8(2)6-4-7;/h3-6H,1-2H3;. The minimum absolute atomic E-state index is 0. The van der Waals surface area contributed by atoms with Crippen molar-refractivity contribution in [3.05, 3.63) is 35.4 Å². The summed E-state index contributed by atoms with van der Waals surface area (Å²) in [5, 5.41) is 0. The predicted octanol–water partition coefficient (Wildman–Crippen LogP) is 2.30. The van der Waals surface area contributed by atoms with Crippen molar-refractivity contribution in [2.24, 2.45) is 0 Å². The fourth-order valence-corrected chi connectivity index (χ4v) is 0.637. The summed E-state index contributed by atoms with van der Waals surface area (Å²) in [6.45, 7) is 4.19. The van der Waals surface area contributed by atoms with E-state index in [4.69, 9.17) is 0 Å². The summed E-state index contributed by atoms with van der Waals surface area (Å²) in [5.41, 5.74) is 2.66. The van der Waals surface area contributed by atoms with Gasteiger partial charge in [0.1, 0.15) is 0 Å². The maximum atomic E-state index is 2.12. The largest absolute Gasteiger partial charge is 0.0591 e. The van der Waals surface area contributed by atoms with Gasteiger partial charge in [0.2, 0.25) is 0 Å². The Morgan fingerprint density at radius 1 is 0.778 bits per heavy atom. The number of rotatable bonds is 0. The molecule has 1 rings (SSSR count). The Bertz CT molecular complexity index is 143. The van der Waals surface area contributed by atoms with Crippen molar-refractivity contribution in [2.45, 2.75) is 13.8 Å². The molecule has 0 fully saturated rings. The molecule has 0 spiro atoms. The Hall–Kier alpha value is -0.274. The van der Waals surface area contributed by atoms with Gasteiger partial charge in [0, 0.05) is 16.8 Å². The smallest absolute Gasteiger partial charge is 0 e. The summed E-state index contributed by atoms with van der Waals surface area (Å²) in [4.78, 5) is 0. The molecule has 51 valence electrons. The van der Waals surface area contributed by atoms with Crippen molar-refractivity contribution >= 4 is 0 Å². The van der Waals surface area contributed by atoms with Gasteiger partial charge < -0.3 is 0 Å². The van der Waals surface area contributed by atoms with E-state index in [9.17, 15) is 0 Å². The van der Waals surface area contributed by atoms with Crippen LogP contribution in [-0.4, -0.2) is 0 Å². The molecule has 0 atom stereocenters. The number of hydrogen-bond donors (Lipinski definition) is 0. The van der Waals surface area contributed by atoms with E-state index < -0.39 is 0 Å². The molecule has 0 amide bonds. The van der Waals surface area contributed by atoms with Crippen LogP contribution in [0.3, 0.4) is 0 Å². The van der Waals surface area contributed by atoms with E-state index in [1.54, 1.807) is 0 Å². The van der Waals surface area contributed by atoms with Crippen LogP contribution < -0.4 is 0 Å². The fraction of sp³-hybridized carbons (Fsp3) is 0.250. The van der Waals surface area contributed by atoms with Crippen LogP contribution in [0.15, 0.2) is 24.3 Å². The molecule has 0 heterocycles. The summed E-state index contributed by atoms with van der Waals surface area (Å²) >= 11 is 0. The first-order valence-corrected chi connectivity index (χ1v) is 2.82. The van der Waals surface area contributed by atoms with Gasteiger partial charge in [-0.25, -0.2) is 0 Å². The zero-order chi connectivity index (χ0) is 5.98. The van der Waals surface area contributed by atoms with E-state index in [1.165, 1.54) is 11.1 Å². The van der Waals surface area contributed by atoms with Crippen LogP contribution in [-0.2, 0) is 16.8 Å². The van der Waals surface area contributed by atoms with Crippen LogP contribution in [0.5, 0.6) is 0 Å². The molecule has 0 aliphatic carbocycles. The molecule has 0 saturated heterocycles. The molecule has 0 N–H and O–H groups in total. The first-order valence-electron chi connectivity index (χ1n) is 2.82. The van der Waals surface area contributed by atoms with Gasteiger partial charge >= 0.3 is 0 Å². The molecule has 1 aromatic rings. The minimum atomic E-state index is 0. The van der Waals surface area contributed by atoms with Gasteiger partial charge in [-0.2, -0.15) is 0 Å². The van der Waals surface area contributed by atoms with Crippen LogP contribution in [0.25, 0.3) is 0 Å². The molecule has 1 aromatic carbocycles. The van der Waals surface area contributed by atoms with Crippen molar-refractivity contribution < 1.29 is 16.8 Å². The monoisotopic (exact) mass is 165 g/mol. The van der Waals surface area contributed by atoms with Gasteiger partial charge in [-0.05, 0) is 13.8 Å². The number of aryl methyl sites for hydroxylation is 2. The summed E-state index contributed by atoms with van der Waals surface area (Å²) in [6, 6.07) is 8.48. The number of benzene rings is 1. The topological polar surface area (TPSA) is 0 Å². The van der Waals surface area contributed by atoms with E-state index in [0.717, 1.165) is 0 Å². The zero-order valence-corrected chi connectivity index (χ0v) is 6.68. The van der Waals surface area contributed by atoms with E-state index in [1.807, 2.05) is 0 Å². The van der Waals surface area contributed by atoms with Gasteiger partial charge in [-0.3, -0.25) is 0 Å². The van der Waals surface area contributed by atoms with E-state index >= 15 is 0 Å². The minimum Gasteiger partial charge on any atom is -0.0591 e. The van der Waals surface area contributed by atoms with Gasteiger partial charge in [-0.1, -0.05) is 35.4 Å². The van der Waals surface area contributed by atoms with Crippen molar-refractivity contribution in [1.29, 1.82) is 0 Å². The second kappa shape index (κ2) is 3.70. The molecule has 0 bridgehead atoms. The molecule has 1 radical (unpaired) electrons. The quantitative estimate of drug-likeness (QED) is 0.553. The molecule has 0 aliphatic rings. The third-order valence-electron chi connectivity index (χ3n) is 1.22. The predicted molar refractivity (Wildman–Crippen MR) is 35.9 cm³/mol. The third-order valence-corrected chi connectivity index (χ3v) is 1.22. The van der Waals surface area contributed by atoms with Crippen molar-refractivity contribution in [2.75, 3.05) is 0 Å². The molecule has 0 saturated carbocycles. The van der Waals surface area contributed by atoms with Crippen molar-refractivity contribution in [3.8, 4) is 0 Å². The maximum Gasteiger partial charge on any atom is 0 e. The molecule has 0 aliphatic heterocycles. The van der Waals surface area contributed by atoms with E-state index in [0.29, 0.717) is 0 Å². The zero-order valence-electron chi connectivity index (χ0n) is 5.64. The Kier molecular flexibility index (Phi) is 3.58. The molecular weight excluding hydrogens is 155 g/mol. The molecule has 0 nitrogen and oxygen atoms in total. The molecule has 0 unspecified atom stereocenters. The Balaban J connectivity index is 0.000000640. The first kappa shape index (κ1) is 8.73. The average Bonchev–Trinajstić information content (AvgIpc) is 1.77. The third kappa shape index (κ3) is 2.68. The Labute approximate surface area is 66.5 Å². The van der Waals surface area contributed by atoms with Crippen LogP contribution in [0.2, 0.25) is 0 Å². The van der Waals surface area contributed by atoms with Gasteiger partial charge in [0.15, 0.2) is 0 Å². The second-order valence-electron chi connectivity index (χ2n) is 2.15. The van der Waals surface area contributed by atoms with Gasteiger partial charge in [0.05, 0.1) is 0 Å². The van der Waals surface area contributed by atoms with Gasteiger partial charge in [0.25, 0.3) is 0 Å². The molecular formula is C8H10Co. The van der Waals surface area contributed by atoms with Crippen LogP contribution in [0.1, 0.15) is 11.1 Å². The summed E-state index contributed by atoms with van der Waals surface area (Å²) < 4.78 is 0. The molecule has 9 heavy (non-hydrogen) atoms. The fourth-order valence-electron chi connectivity index (χ4n) is 0.637. The summed E-state index contributed by atoms with van der Waals surface area (Å²) in [7, 11) is 0. The van der Waals surface area contributed by atoms with Crippen LogP contribution >= 0.6 is 0 Å². The van der Waals surface area contributed by atoms with Crippen molar-refractivity contribution in [1.82, 2.24) is 0 Å². The van der Waals surface area contributed by atoms with Crippen molar-refractivity contribution in [3.63, 3.8) is 0 Å². The van der Waals surface area contributed by atoms with Crippen LogP contribution in [0, 0.1) is 13.8 Å². The second-order valence-corrected chi connectivity index (χ2v) is 2.15. The Morgan fingerprint density at radius 2 is 1.00 bits per heavy atom. The van der Waals surface area contributed by atoms with Crippen LogP contribution in [0.4, 0.5) is 0 Å². The molecule has 1 heteroatoms. The first-order chi connectivity index (χ1) is 3.79. The Morgan fingerprint density at radius 3 is 1.22 bits per heavy atom. The summed E-state index contributed by atoms with van der Waals surface area (Å²) in [6.07, 6.45) is 0. The van der Waals surface area contributed by atoms with E-state index in [-0.39, 0.29) is 16.8 Å².